The maximum absolute atomic E-state index is 12.5. The van der Waals surface area contributed by atoms with Crippen LogP contribution in [0.2, 0.25) is 5.02 Å². The molecule has 4 aromatic rings. The van der Waals surface area contributed by atoms with Crippen LogP contribution in [0.1, 0.15) is 102 Å². The van der Waals surface area contributed by atoms with E-state index >= 15 is 0 Å². The van der Waals surface area contributed by atoms with E-state index < -0.39 is 0 Å². The number of methoxy groups -OCH3 is 2. The molecule has 2 amide bonds. The first-order chi connectivity index (χ1) is 24.7. The monoisotopic (exact) mass is 764 g/mol. The molecule has 0 unspecified atom stereocenters. The van der Waals surface area contributed by atoms with E-state index in [0.717, 1.165) is 55.2 Å². The lowest BCUT2D eigenvalue weighted by molar-refractivity contribution is -0.111. The fourth-order valence-corrected chi connectivity index (χ4v) is 8.53. The molecule has 8 heteroatoms. The van der Waals surface area contributed by atoms with Crippen molar-refractivity contribution in [3.8, 4) is 11.5 Å². The van der Waals surface area contributed by atoms with Gasteiger partial charge in [-0.05, 0) is 139 Å². The number of benzene rings is 4. The normalized spacial score (nSPS) is 18.4. The third-order valence-corrected chi connectivity index (χ3v) is 11.5. The second-order valence-electron chi connectivity index (χ2n) is 13.8. The number of fused-ring (bicyclic) bond motifs is 2. The number of amides is 2. The van der Waals surface area contributed by atoms with E-state index in [1.807, 2.05) is 73.7 Å². The Balaban J connectivity index is 0.000000159. The first kappa shape index (κ1) is 35.1. The number of nitrogens with one attached hydrogen (secondary N) is 2. The van der Waals surface area contributed by atoms with E-state index in [0.29, 0.717) is 28.0 Å². The number of rotatable bonds is 6. The second-order valence-corrected chi connectivity index (χ2v) is 15.1. The van der Waals surface area contributed by atoms with Crippen molar-refractivity contribution >= 4 is 74.0 Å². The first-order valence-corrected chi connectivity index (χ1v) is 18.9. The SMILES string of the molecule is COc1ccc(/C=C2/C(=O)Nc3ccc(Br)cc32)cc1C1CCCC1.COc1ccc(/C=C2/C(=O)Nc3ccc(Cl)c(C)c32)cc1C1CCCC1. The zero-order valence-electron chi connectivity index (χ0n) is 29.2. The molecule has 2 aliphatic carbocycles. The Morgan fingerprint density at radius 2 is 1.20 bits per heavy atom. The van der Waals surface area contributed by atoms with Gasteiger partial charge in [-0.25, -0.2) is 0 Å². The summed E-state index contributed by atoms with van der Waals surface area (Å²) < 4.78 is 12.1. The van der Waals surface area contributed by atoms with Crippen molar-refractivity contribution < 1.29 is 19.1 Å². The standard InChI is InChI=1S/C22H22ClNO2.C21H20BrNO2/c1-13-18(23)8-9-19-21(13)17(22(25)24-19)12-14-7-10-20(26-2)16(11-14)15-5-3-4-6-15;1-25-20-9-6-13(10-16(20)14-4-2-3-5-14)11-18-17-12-15(22)7-8-19(17)23-21(18)24/h7-12,15H,3-6H2,1-2H3,(H,24,25);6-12,14H,2-5H2,1H3,(H,23,24)/b17-12+;18-11+. The number of carbonyl (C=O) groups excluding carboxylic acids is 2. The van der Waals surface area contributed by atoms with Crippen LogP contribution in [0.3, 0.4) is 0 Å². The molecular weight excluding hydrogens is 724 g/mol. The van der Waals surface area contributed by atoms with Gasteiger partial charge in [0.25, 0.3) is 11.8 Å². The molecule has 262 valence electrons. The molecule has 0 aromatic heterocycles. The third-order valence-electron chi connectivity index (χ3n) is 10.6. The van der Waals surface area contributed by atoms with Crippen molar-refractivity contribution in [1.29, 1.82) is 0 Å². The van der Waals surface area contributed by atoms with Gasteiger partial charge < -0.3 is 20.1 Å². The molecule has 2 fully saturated rings. The Labute approximate surface area is 313 Å². The van der Waals surface area contributed by atoms with Crippen LogP contribution in [-0.2, 0) is 9.59 Å². The Morgan fingerprint density at radius 1 is 0.686 bits per heavy atom. The summed E-state index contributed by atoms with van der Waals surface area (Å²) in [6.07, 6.45) is 13.9. The van der Waals surface area contributed by atoms with Crippen LogP contribution in [-0.4, -0.2) is 26.0 Å². The van der Waals surface area contributed by atoms with E-state index in [9.17, 15) is 9.59 Å². The fraction of sp³-hybridized carbons (Fsp3) is 0.302. The molecule has 0 spiro atoms. The lowest BCUT2D eigenvalue weighted by Gasteiger charge is -2.15. The van der Waals surface area contributed by atoms with Gasteiger partial charge in [-0.15, -0.1) is 0 Å². The Bertz CT molecular complexity index is 2070. The molecule has 2 saturated carbocycles. The highest BCUT2D eigenvalue weighted by atomic mass is 79.9. The summed E-state index contributed by atoms with van der Waals surface area (Å²) in [7, 11) is 3.45. The molecule has 2 heterocycles. The van der Waals surface area contributed by atoms with Crippen molar-refractivity contribution in [1.82, 2.24) is 0 Å². The summed E-state index contributed by atoms with van der Waals surface area (Å²) in [4.78, 5) is 24.9. The van der Waals surface area contributed by atoms with Crippen molar-refractivity contribution in [2.24, 2.45) is 0 Å². The minimum Gasteiger partial charge on any atom is -0.496 e. The largest absolute Gasteiger partial charge is 0.496 e. The number of hydrogen-bond acceptors (Lipinski definition) is 4. The molecule has 4 aliphatic rings. The van der Waals surface area contributed by atoms with Crippen LogP contribution in [0.5, 0.6) is 11.5 Å². The van der Waals surface area contributed by atoms with Gasteiger partial charge in [-0.2, -0.15) is 0 Å². The fourth-order valence-electron chi connectivity index (χ4n) is 8.01. The first-order valence-electron chi connectivity index (χ1n) is 17.8. The van der Waals surface area contributed by atoms with E-state index in [1.54, 1.807) is 14.2 Å². The van der Waals surface area contributed by atoms with Crippen LogP contribution in [0.15, 0.2) is 71.2 Å². The number of ether oxygens (including phenoxy) is 2. The summed E-state index contributed by atoms with van der Waals surface area (Å²) in [5, 5.41) is 6.55. The van der Waals surface area contributed by atoms with Crippen molar-refractivity contribution in [2.75, 3.05) is 24.9 Å². The average molecular weight is 766 g/mol. The van der Waals surface area contributed by atoms with E-state index in [1.165, 1.54) is 62.5 Å². The van der Waals surface area contributed by atoms with Gasteiger partial charge in [0, 0.05) is 43.1 Å². The van der Waals surface area contributed by atoms with Gasteiger partial charge >= 0.3 is 0 Å². The highest BCUT2D eigenvalue weighted by Crippen LogP contribution is 2.43. The third kappa shape index (κ3) is 7.24. The van der Waals surface area contributed by atoms with E-state index in [4.69, 9.17) is 21.1 Å². The molecule has 0 bridgehead atoms. The topological polar surface area (TPSA) is 76.7 Å². The molecule has 0 atom stereocenters. The van der Waals surface area contributed by atoms with E-state index in [-0.39, 0.29) is 11.8 Å². The summed E-state index contributed by atoms with van der Waals surface area (Å²) in [5.41, 5.74) is 10.4. The van der Waals surface area contributed by atoms with Crippen molar-refractivity contribution in [3.05, 3.63) is 115 Å². The lowest BCUT2D eigenvalue weighted by Crippen LogP contribution is -2.04. The number of hydrogen-bond donors (Lipinski definition) is 2. The predicted molar refractivity (Wildman–Crippen MR) is 212 cm³/mol. The molecule has 51 heavy (non-hydrogen) atoms. The van der Waals surface area contributed by atoms with Gasteiger partial charge in [-0.3, -0.25) is 9.59 Å². The molecular formula is C43H42BrClN2O4. The van der Waals surface area contributed by atoms with Gasteiger partial charge in [0.15, 0.2) is 0 Å². The molecule has 6 nitrogen and oxygen atoms in total. The highest BCUT2D eigenvalue weighted by molar-refractivity contribution is 9.10. The minimum atomic E-state index is -0.0800. The molecule has 0 radical (unpaired) electrons. The van der Waals surface area contributed by atoms with Crippen LogP contribution < -0.4 is 20.1 Å². The second kappa shape index (κ2) is 15.1. The number of halogens is 2. The summed E-state index contributed by atoms with van der Waals surface area (Å²) in [5.74, 6) is 2.87. The minimum absolute atomic E-state index is 0.0497. The number of carbonyl (C=O) groups is 2. The maximum Gasteiger partial charge on any atom is 0.256 e. The maximum atomic E-state index is 12.5. The Kier molecular flexibility index (Phi) is 10.4. The molecule has 0 saturated heterocycles. The summed E-state index contributed by atoms with van der Waals surface area (Å²) >= 11 is 9.77. The van der Waals surface area contributed by atoms with Gasteiger partial charge in [-0.1, -0.05) is 65.3 Å². The molecule has 8 rings (SSSR count). The van der Waals surface area contributed by atoms with Crippen molar-refractivity contribution in [3.63, 3.8) is 0 Å². The molecule has 4 aromatic carbocycles. The smallest absolute Gasteiger partial charge is 0.256 e. The number of anilines is 2. The molecule has 2 N–H and O–H groups in total. The quantitative estimate of drug-likeness (QED) is 0.192. The van der Waals surface area contributed by atoms with E-state index in [2.05, 4.69) is 38.7 Å². The van der Waals surface area contributed by atoms with Crippen molar-refractivity contribution in [2.45, 2.75) is 70.1 Å². The average Bonchev–Trinajstić information content (AvgIpc) is 3.96. The Hall–Kier alpha value is -4.33. The van der Waals surface area contributed by atoms with Gasteiger partial charge in [0.1, 0.15) is 11.5 Å². The van der Waals surface area contributed by atoms with Gasteiger partial charge in [0.05, 0.1) is 14.2 Å². The van der Waals surface area contributed by atoms with Crippen LogP contribution in [0.25, 0.3) is 23.3 Å². The lowest BCUT2D eigenvalue weighted by atomic mass is 9.93. The predicted octanol–water partition coefficient (Wildman–Crippen LogP) is 11.4. The van der Waals surface area contributed by atoms with Crippen LogP contribution in [0, 0.1) is 6.92 Å². The Morgan fingerprint density at radius 3 is 1.76 bits per heavy atom. The summed E-state index contributed by atoms with van der Waals surface area (Å²) in [6.45, 7) is 1.95. The highest BCUT2D eigenvalue weighted by Gasteiger charge is 2.28. The molecule has 2 aliphatic heterocycles. The van der Waals surface area contributed by atoms with Crippen LogP contribution in [0.4, 0.5) is 11.4 Å². The van der Waals surface area contributed by atoms with Crippen LogP contribution >= 0.6 is 27.5 Å². The zero-order valence-corrected chi connectivity index (χ0v) is 31.5. The summed E-state index contributed by atoms with van der Waals surface area (Å²) in [6, 6.07) is 22.0. The van der Waals surface area contributed by atoms with Gasteiger partial charge in [0.2, 0.25) is 0 Å². The zero-order chi connectivity index (χ0) is 35.6.